The topological polar surface area (TPSA) is 29.1 Å². The van der Waals surface area contributed by atoms with Gasteiger partial charge in [-0.05, 0) is 31.4 Å². The van der Waals surface area contributed by atoms with Gasteiger partial charge in [0.15, 0.2) is 0 Å². The van der Waals surface area contributed by atoms with E-state index in [9.17, 15) is 4.79 Å². The van der Waals surface area contributed by atoms with Crippen LogP contribution in [0, 0.1) is 0 Å². The molecule has 1 fully saturated rings. The third-order valence-electron chi connectivity index (χ3n) is 3.68. The third-order valence-corrected chi connectivity index (χ3v) is 5.42. The van der Waals surface area contributed by atoms with Crippen LogP contribution >= 0.6 is 22.9 Å². The van der Waals surface area contributed by atoms with Crippen LogP contribution in [0.1, 0.15) is 53.6 Å². The van der Waals surface area contributed by atoms with Gasteiger partial charge in [0.05, 0.1) is 10.4 Å². The molecule has 1 aromatic heterocycles. The molecule has 0 aromatic carbocycles. The Balaban J connectivity index is 2.04. The summed E-state index contributed by atoms with van der Waals surface area (Å²) in [5.41, 5.74) is -0.173. The van der Waals surface area contributed by atoms with Gasteiger partial charge in [-0.2, -0.15) is 0 Å². The van der Waals surface area contributed by atoms with Crippen LogP contribution in [0.15, 0.2) is 12.1 Å². The van der Waals surface area contributed by atoms with E-state index in [1.54, 1.807) is 11.3 Å². The van der Waals surface area contributed by atoms with Crippen LogP contribution in [0.5, 0.6) is 0 Å². The number of alkyl halides is 1. The van der Waals surface area contributed by atoms with Crippen molar-refractivity contribution in [3.63, 3.8) is 0 Å². The summed E-state index contributed by atoms with van der Waals surface area (Å²) in [6, 6.07) is 3.96. The number of nitrogens with one attached hydrogen (secondary N) is 1. The van der Waals surface area contributed by atoms with E-state index >= 15 is 0 Å². The van der Waals surface area contributed by atoms with Crippen molar-refractivity contribution in [1.82, 2.24) is 5.32 Å². The maximum Gasteiger partial charge on any atom is 0.261 e. The first-order chi connectivity index (χ1) is 8.69. The van der Waals surface area contributed by atoms with Crippen molar-refractivity contribution >= 4 is 28.8 Å². The van der Waals surface area contributed by atoms with Gasteiger partial charge in [-0.1, -0.05) is 26.2 Å². The maximum absolute atomic E-state index is 12.2. The average Bonchev–Trinajstić information content (AvgIpc) is 2.88. The van der Waals surface area contributed by atoms with Crippen molar-refractivity contribution in [3.8, 4) is 0 Å². The summed E-state index contributed by atoms with van der Waals surface area (Å²) in [5, 5.41) is 3.18. The highest BCUT2D eigenvalue weighted by molar-refractivity contribution is 7.14. The average molecular weight is 286 g/mol. The summed E-state index contributed by atoms with van der Waals surface area (Å²) in [4.78, 5) is 14.3. The molecule has 0 saturated heterocycles. The van der Waals surface area contributed by atoms with Crippen LogP contribution in [-0.2, 0) is 6.42 Å². The molecule has 1 N–H and O–H groups in total. The Bertz CT molecular complexity index is 410. The van der Waals surface area contributed by atoms with E-state index in [0.717, 1.165) is 37.0 Å². The molecule has 0 radical (unpaired) electrons. The van der Waals surface area contributed by atoms with Crippen LogP contribution in [0.2, 0.25) is 0 Å². The molecule has 4 heteroatoms. The summed E-state index contributed by atoms with van der Waals surface area (Å²) in [7, 11) is 0. The number of amides is 1. The molecule has 0 spiro atoms. The largest absolute Gasteiger partial charge is 0.345 e. The number of carbonyl (C=O) groups is 1. The first kappa shape index (κ1) is 13.9. The van der Waals surface area contributed by atoms with Crippen molar-refractivity contribution in [2.45, 2.75) is 51.0 Å². The number of hydrogen-bond donors (Lipinski definition) is 1. The summed E-state index contributed by atoms with van der Waals surface area (Å²) < 4.78 is 0. The molecular formula is C14H20ClNOS. The molecule has 0 unspecified atom stereocenters. The fourth-order valence-corrected chi connectivity index (χ4v) is 3.69. The fourth-order valence-electron chi connectivity index (χ4n) is 2.51. The quantitative estimate of drug-likeness (QED) is 0.833. The molecule has 1 heterocycles. The van der Waals surface area contributed by atoms with E-state index in [-0.39, 0.29) is 11.4 Å². The summed E-state index contributed by atoms with van der Waals surface area (Å²) in [5.74, 6) is 0.562. The SMILES string of the molecule is CCc1ccc(C(=O)NC2(CCl)CCCCC2)s1. The standard InChI is InChI=1S/C14H20ClNOS/c1-2-11-6-7-12(18-11)13(17)16-14(10-15)8-4-3-5-9-14/h6-7H,2-5,8-10H2,1H3,(H,16,17). The van der Waals surface area contributed by atoms with Gasteiger partial charge < -0.3 is 5.32 Å². The lowest BCUT2D eigenvalue weighted by Gasteiger charge is -2.36. The molecule has 0 atom stereocenters. The Morgan fingerprint density at radius 2 is 2.11 bits per heavy atom. The molecule has 1 amide bonds. The molecule has 0 aliphatic heterocycles. The van der Waals surface area contributed by atoms with E-state index in [4.69, 9.17) is 11.6 Å². The summed E-state index contributed by atoms with van der Waals surface area (Å²) in [6.45, 7) is 2.11. The molecule has 2 rings (SSSR count). The normalized spacial score (nSPS) is 18.6. The molecule has 1 aromatic rings. The number of aryl methyl sites for hydroxylation is 1. The minimum atomic E-state index is -0.173. The lowest BCUT2D eigenvalue weighted by molar-refractivity contribution is 0.0889. The molecular weight excluding hydrogens is 266 g/mol. The van der Waals surface area contributed by atoms with Gasteiger partial charge >= 0.3 is 0 Å². The third kappa shape index (κ3) is 3.07. The van der Waals surface area contributed by atoms with Gasteiger partial charge in [0.25, 0.3) is 5.91 Å². The maximum atomic E-state index is 12.2. The fraction of sp³-hybridized carbons (Fsp3) is 0.643. The lowest BCUT2D eigenvalue weighted by atomic mass is 9.83. The van der Waals surface area contributed by atoms with Gasteiger partial charge in [-0.3, -0.25) is 4.79 Å². The van der Waals surface area contributed by atoms with Crippen molar-refractivity contribution < 1.29 is 4.79 Å². The smallest absolute Gasteiger partial charge is 0.261 e. The molecule has 100 valence electrons. The van der Waals surface area contributed by atoms with Crippen LogP contribution in [0.3, 0.4) is 0 Å². The van der Waals surface area contributed by atoms with Crippen molar-refractivity contribution in [3.05, 3.63) is 21.9 Å². The summed E-state index contributed by atoms with van der Waals surface area (Å²) >= 11 is 7.67. The van der Waals surface area contributed by atoms with Crippen LogP contribution in [-0.4, -0.2) is 17.3 Å². The van der Waals surface area contributed by atoms with Crippen molar-refractivity contribution in [2.24, 2.45) is 0 Å². The highest BCUT2D eigenvalue weighted by Crippen LogP contribution is 2.30. The van der Waals surface area contributed by atoms with E-state index in [1.165, 1.54) is 11.3 Å². The molecule has 1 aliphatic rings. The Labute approximate surface area is 118 Å². The van der Waals surface area contributed by atoms with E-state index in [0.29, 0.717) is 5.88 Å². The minimum absolute atomic E-state index is 0.0438. The number of thiophene rings is 1. The van der Waals surface area contributed by atoms with E-state index in [1.807, 2.05) is 12.1 Å². The number of rotatable bonds is 4. The summed E-state index contributed by atoms with van der Waals surface area (Å²) in [6.07, 6.45) is 6.59. The zero-order valence-corrected chi connectivity index (χ0v) is 12.4. The second-order valence-corrected chi connectivity index (χ2v) is 6.48. The van der Waals surface area contributed by atoms with Gasteiger partial charge in [-0.25, -0.2) is 0 Å². The van der Waals surface area contributed by atoms with Gasteiger partial charge in [-0.15, -0.1) is 22.9 Å². The molecule has 1 aliphatic carbocycles. The highest BCUT2D eigenvalue weighted by atomic mass is 35.5. The first-order valence-corrected chi connectivity index (χ1v) is 8.01. The molecule has 2 nitrogen and oxygen atoms in total. The molecule has 18 heavy (non-hydrogen) atoms. The van der Waals surface area contributed by atoms with E-state index in [2.05, 4.69) is 12.2 Å². The molecule has 1 saturated carbocycles. The minimum Gasteiger partial charge on any atom is -0.345 e. The Hall–Kier alpha value is -0.540. The van der Waals surface area contributed by atoms with E-state index < -0.39 is 0 Å². The Morgan fingerprint density at radius 3 is 2.67 bits per heavy atom. The number of halogens is 1. The van der Waals surface area contributed by atoms with Crippen molar-refractivity contribution in [1.29, 1.82) is 0 Å². The van der Waals surface area contributed by atoms with Gasteiger partial charge in [0.2, 0.25) is 0 Å². The Kier molecular flexibility index (Phi) is 4.68. The first-order valence-electron chi connectivity index (χ1n) is 6.66. The highest BCUT2D eigenvalue weighted by Gasteiger charge is 2.33. The predicted octanol–water partition coefficient (Wildman–Crippen LogP) is 3.98. The zero-order chi connectivity index (χ0) is 13.0. The van der Waals surface area contributed by atoms with Crippen LogP contribution in [0.25, 0.3) is 0 Å². The molecule has 0 bridgehead atoms. The monoisotopic (exact) mass is 285 g/mol. The van der Waals surface area contributed by atoms with Crippen molar-refractivity contribution in [2.75, 3.05) is 5.88 Å². The predicted molar refractivity (Wildman–Crippen MR) is 77.7 cm³/mol. The van der Waals surface area contributed by atoms with Crippen LogP contribution in [0.4, 0.5) is 0 Å². The Morgan fingerprint density at radius 1 is 1.39 bits per heavy atom. The van der Waals surface area contributed by atoms with Gasteiger partial charge in [0, 0.05) is 10.8 Å². The van der Waals surface area contributed by atoms with Gasteiger partial charge in [0.1, 0.15) is 0 Å². The number of carbonyl (C=O) groups excluding carboxylic acids is 1. The van der Waals surface area contributed by atoms with Crippen LogP contribution < -0.4 is 5.32 Å². The zero-order valence-electron chi connectivity index (χ0n) is 10.8. The second-order valence-electron chi connectivity index (χ2n) is 5.05. The lowest BCUT2D eigenvalue weighted by Crippen LogP contribution is -2.51. The number of hydrogen-bond acceptors (Lipinski definition) is 2. The second kappa shape index (κ2) is 6.07.